The third kappa shape index (κ3) is 4.47. The van der Waals surface area contributed by atoms with Gasteiger partial charge in [-0.25, -0.2) is 0 Å². The molecule has 1 saturated heterocycles. The first-order valence-corrected chi connectivity index (χ1v) is 10.5. The summed E-state index contributed by atoms with van der Waals surface area (Å²) in [7, 11) is 0. The van der Waals surface area contributed by atoms with Crippen LogP contribution >= 0.6 is 23.1 Å². The zero-order valence-electron chi connectivity index (χ0n) is 15.2. The maximum Gasteiger partial charge on any atom is 0.293 e. The number of nitrogens with zero attached hydrogens (tertiary/aromatic N) is 1. The molecule has 0 bridgehead atoms. The van der Waals surface area contributed by atoms with E-state index in [1.54, 1.807) is 30.3 Å². The lowest BCUT2D eigenvalue weighted by atomic mass is 10.1. The van der Waals surface area contributed by atoms with Crippen molar-refractivity contribution in [3.8, 4) is 0 Å². The molecule has 1 aliphatic rings. The van der Waals surface area contributed by atoms with Gasteiger partial charge >= 0.3 is 0 Å². The standard InChI is InChI=1S/C22H16N2O3S2/c25-20(23-17-8-2-1-3-9-17)16-7-4-6-15(12-16)14-24-21(26)19(29-22(24)27)13-18-10-5-11-28-18/h1-13H,14H2,(H,23,25). The van der Waals surface area contributed by atoms with Gasteiger partial charge in [0.2, 0.25) is 0 Å². The quantitative estimate of drug-likeness (QED) is 0.574. The molecule has 0 spiro atoms. The lowest BCUT2D eigenvalue weighted by Crippen LogP contribution is -2.27. The van der Waals surface area contributed by atoms with Gasteiger partial charge < -0.3 is 5.32 Å². The van der Waals surface area contributed by atoms with Crippen molar-refractivity contribution in [3.05, 3.63) is 93.0 Å². The molecule has 3 amide bonds. The maximum absolute atomic E-state index is 12.6. The van der Waals surface area contributed by atoms with Gasteiger partial charge in [-0.3, -0.25) is 19.3 Å². The molecule has 0 unspecified atom stereocenters. The van der Waals surface area contributed by atoms with Crippen LogP contribution in [0.25, 0.3) is 6.08 Å². The molecule has 1 aliphatic heterocycles. The summed E-state index contributed by atoms with van der Waals surface area (Å²) < 4.78 is 0. The molecule has 1 N–H and O–H groups in total. The molecule has 0 saturated carbocycles. The van der Waals surface area contributed by atoms with E-state index in [9.17, 15) is 14.4 Å². The number of carbonyl (C=O) groups excluding carboxylic acids is 3. The molecule has 4 rings (SSSR count). The topological polar surface area (TPSA) is 66.5 Å². The van der Waals surface area contributed by atoms with Crippen LogP contribution < -0.4 is 5.32 Å². The molecular formula is C22H16N2O3S2. The van der Waals surface area contributed by atoms with Gasteiger partial charge in [0.05, 0.1) is 11.4 Å². The minimum absolute atomic E-state index is 0.124. The fraction of sp³-hybridized carbons (Fsp3) is 0.0455. The van der Waals surface area contributed by atoms with E-state index in [-0.39, 0.29) is 23.6 Å². The highest BCUT2D eigenvalue weighted by Crippen LogP contribution is 2.34. The van der Waals surface area contributed by atoms with Crippen LogP contribution in [0.5, 0.6) is 0 Å². The Labute approximate surface area is 176 Å². The number of para-hydroxylation sites is 1. The number of carbonyl (C=O) groups is 3. The van der Waals surface area contributed by atoms with E-state index in [1.807, 2.05) is 47.8 Å². The molecule has 1 fully saturated rings. The number of rotatable bonds is 5. The van der Waals surface area contributed by atoms with Crippen molar-refractivity contribution in [3.63, 3.8) is 0 Å². The fourth-order valence-corrected chi connectivity index (χ4v) is 4.42. The summed E-state index contributed by atoms with van der Waals surface area (Å²) in [5.74, 6) is -0.558. The smallest absolute Gasteiger partial charge is 0.293 e. The highest BCUT2D eigenvalue weighted by atomic mass is 32.2. The van der Waals surface area contributed by atoms with Crippen molar-refractivity contribution in [1.29, 1.82) is 0 Å². The minimum atomic E-state index is -0.312. The summed E-state index contributed by atoms with van der Waals surface area (Å²) in [5, 5.41) is 4.44. The third-order valence-electron chi connectivity index (χ3n) is 4.25. The molecule has 1 aromatic heterocycles. The number of nitrogens with one attached hydrogen (secondary N) is 1. The number of thiophene rings is 1. The molecule has 2 aromatic carbocycles. The Morgan fingerprint density at radius 1 is 1.00 bits per heavy atom. The maximum atomic E-state index is 12.6. The van der Waals surface area contributed by atoms with Crippen LogP contribution in [0.3, 0.4) is 0 Å². The monoisotopic (exact) mass is 420 g/mol. The van der Waals surface area contributed by atoms with Crippen molar-refractivity contribution in [2.45, 2.75) is 6.54 Å². The first-order valence-electron chi connectivity index (χ1n) is 8.84. The van der Waals surface area contributed by atoms with E-state index in [0.717, 1.165) is 16.6 Å². The summed E-state index contributed by atoms with van der Waals surface area (Å²) in [6, 6.07) is 19.9. The van der Waals surface area contributed by atoms with Crippen molar-refractivity contribution in [2.75, 3.05) is 5.32 Å². The predicted molar refractivity (Wildman–Crippen MR) is 117 cm³/mol. The summed E-state index contributed by atoms with van der Waals surface area (Å²) >= 11 is 2.45. The van der Waals surface area contributed by atoms with Crippen LogP contribution in [0.15, 0.2) is 77.0 Å². The number of benzene rings is 2. The van der Waals surface area contributed by atoms with E-state index in [1.165, 1.54) is 16.2 Å². The second-order valence-corrected chi connectivity index (χ2v) is 8.28. The molecule has 7 heteroatoms. The first-order chi connectivity index (χ1) is 14.1. The molecule has 0 aliphatic carbocycles. The van der Waals surface area contributed by atoms with E-state index < -0.39 is 0 Å². The highest BCUT2D eigenvalue weighted by Gasteiger charge is 2.35. The van der Waals surface area contributed by atoms with Gasteiger partial charge in [0.15, 0.2) is 0 Å². The molecule has 3 aromatic rings. The van der Waals surface area contributed by atoms with E-state index in [2.05, 4.69) is 5.32 Å². The Morgan fingerprint density at radius 3 is 2.59 bits per heavy atom. The van der Waals surface area contributed by atoms with E-state index in [0.29, 0.717) is 21.7 Å². The van der Waals surface area contributed by atoms with Crippen LogP contribution in [-0.2, 0) is 11.3 Å². The Kier molecular flexibility index (Phi) is 5.59. The van der Waals surface area contributed by atoms with Crippen molar-refractivity contribution >= 4 is 51.9 Å². The molecule has 144 valence electrons. The van der Waals surface area contributed by atoms with Crippen molar-refractivity contribution in [1.82, 2.24) is 4.90 Å². The van der Waals surface area contributed by atoms with Gasteiger partial charge in [-0.1, -0.05) is 36.4 Å². The molecule has 0 atom stereocenters. The minimum Gasteiger partial charge on any atom is -0.322 e. The van der Waals surface area contributed by atoms with Crippen LogP contribution in [0.2, 0.25) is 0 Å². The summed E-state index contributed by atoms with van der Waals surface area (Å²) in [6.45, 7) is 0.124. The second-order valence-electron chi connectivity index (χ2n) is 6.30. The predicted octanol–water partition coefficient (Wildman–Crippen LogP) is 5.24. The normalized spacial score (nSPS) is 15.2. The van der Waals surface area contributed by atoms with Gasteiger partial charge in [-0.2, -0.15) is 0 Å². The van der Waals surface area contributed by atoms with Crippen LogP contribution in [0, 0.1) is 0 Å². The van der Waals surface area contributed by atoms with Gasteiger partial charge in [0, 0.05) is 16.1 Å². The Hall–Kier alpha value is -3.16. The zero-order valence-corrected chi connectivity index (χ0v) is 16.8. The molecular weight excluding hydrogens is 404 g/mol. The largest absolute Gasteiger partial charge is 0.322 e. The van der Waals surface area contributed by atoms with Gasteiger partial charge in [-0.15, -0.1) is 11.3 Å². The number of amides is 3. The van der Waals surface area contributed by atoms with Crippen LogP contribution in [0.1, 0.15) is 20.8 Å². The highest BCUT2D eigenvalue weighted by molar-refractivity contribution is 8.18. The van der Waals surface area contributed by atoms with E-state index >= 15 is 0 Å². The average molecular weight is 421 g/mol. The van der Waals surface area contributed by atoms with Crippen LogP contribution in [0.4, 0.5) is 10.5 Å². The van der Waals surface area contributed by atoms with Gasteiger partial charge in [-0.05, 0) is 59.1 Å². The second kappa shape index (κ2) is 8.46. The van der Waals surface area contributed by atoms with Crippen molar-refractivity contribution < 1.29 is 14.4 Å². The number of hydrogen-bond donors (Lipinski definition) is 1. The Balaban J connectivity index is 1.48. The summed E-state index contributed by atoms with van der Waals surface area (Å²) in [4.78, 5) is 40.0. The van der Waals surface area contributed by atoms with Gasteiger partial charge in [0.25, 0.3) is 17.1 Å². The zero-order chi connectivity index (χ0) is 20.2. The molecule has 5 nitrogen and oxygen atoms in total. The molecule has 29 heavy (non-hydrogen) atoms. The summed E-state index contributed by atoms with van der Waals surface area (Å²) in [5.41, 5.74) is 1.88. The Bertz CT molecular complexity index is 1090. The Morgan fingerprint density at radius 2 is 1.83 bits per heavy atom. The lowest BCUT2D eigenvalue weighted by Gasteiger charge is -2.13. The first kappa shape index (κ1) is 19.2. The molecule has 2 heterocycles. The van der Waals surface area contributed by atoms with Gasteiger partial charge in [0.1, 0.15) is 0 Å². The third-order valence-corrected chi connectivity index (χ3v) is 5.98. The SMILES string of the molecule is O=C(Nc1ccccc1)c1cccc(CN2C(=O)SC(=Cc3cccs3)C2=O)c1. The number of anilines is 1. The van der Waals surface area contributed by atoms with Crippen molar-refractivity contribution in [2.24, 2.45) is 0 Å². The molecule has 0 radical (unpaired) electrons. The summed E-state index contributed by atoms with van der Waals surface area (Å²) in [6.07, 6.45) is 1.74. The number of hydrogen-bond acceptors (Lipinski definition) is 5. The average Bonchev–Trinajstić information content (AvgIpc) is 3.33. The number of thioether (sulfide) groups is 1. The lowest BCUT2D eigenvalue weighted by molar-refractivity contribution is -0.123. The van der Waals surface area contributed by atoms with Crippen LogP contribution in [-0.4, -0.2) is 22.0 Å². The van der Waals surface area contributed by atoms with E-state index in [4.69, 9.17) is 0 Å². The number of imide groups is 1. The fourth-order valence-electron chi connectivity index (χ4n) is 2.86.